The fourth-order valence-electron chi connectivity index (χ4n) is 4.55. The van der Waals surface area contributed by atoms with Gasteiger partial charge >= 0.3 is 0 Å². The van der Waals surface area contributed by atoms with E-state index in [1.807, 2.05) is 30.5 Å². The Labute approximate surface area is 132 Å². The Balaban J connectivity index is 1.66. The fraction of sp³-hybridized carbons (Fsp3) is 0.526. The highest BCUT2D eigenvalue weighted by molar-refractivity contribution is 5.82. The van der Waals surface area contributed by atoms with Gasteiger partial charge in [-0.2, -0.15) is 0 Å². The minimum atomic E-state index is -0.409. The Kier molecular flexibility index (Phi) is 3.63. The van der Waals surface area contributed by atoms with Gasteiger partial charge in [0.25, 0.3) is 0 Å². The van der Waals surface area contributed by atoms with E-state index < -0.39 is 6.10 Å². The lowest BCUT2D eigenvalue weighted by Crippen LogP contribution is -2.55. The molecule has 3 nitrogen and oxygen atoms in total. The van der Waals surface area contributed by atoms with Crippen molar-refractivity contribution in [2.24, 2.45) is 11.8 Å². The number of rotatable bonds is 3. The van der Waals surface area contributed by atoms with Crippen LogP contribution in [0, 0.1) is 11.8 Å². The van der Waals surface area contributed by atoms with Gasteiger partial charge in [-0.25, -0.2) is 0 Å². The van der Waals surface area contributed by atoms with Crippen LogP contribution in [0.25, 0.3) is 10.9 Å². The van der Waals surface area contributed by atoms with Gasteiger partial charge in [0.1, 0.15) is 0 Å². The van der Waals surface area contributed by atoms with Crippen LogP contribution in [0.1, 0.15) is 37.9 Å². The highest BCUT2D eigenvalue weighted by atomic mass is 16.3. The standard InChI is InChI=1S/C19H24N2O/c1-2-13-12-21-10-8-14(13)11-18(21)19(22)16-7-9-20-17-6-4-3-5-15(16)17/h3-7,9,13-14,18-19,22H,2,8,10-12H2,1H3/t13-,14+,18?,19-/m0/s1. The van der Waals surface area contributed by atoms with Crippen LogP contribution < -0.4 is 0 Å². The first kappa shape index (κ1) is 14.2. The normalized spacial score (nSPS) is 32.3. The smallest absolute Gasteiger partial charge is 0.0952 e. The largest absolute Gasteiger partial charge is 0.387 e. The molecule has 3 aliphatic heterocycles. The van der Waals surface area contributed by atoms with E-state index in [-0.39, 0.29) is 6.04 Å². The predicted molar refractivity (Wildman–Crippen MR) is 88.6 cm³/mol. The first-order chi connectivity index (χ1) is 10.8. The Morgan fingerprint density at radius 1 is 1.32 bits per heavy atom. The van der Waals surface area contributed by atoms with Crippen LogP contribution >= 0.6 is 0 Å². The fourth-order valence-corrected chi connectivity index (χ4v) is 4.55. The quantitative estimate of drug-likeness (QED) is 0.943. The molecule has 4 heterocycles. The second-order valence-electron chi connectivity index (χ2n) is 6.88. The highest BCUT2D eigenvalue weighted by Crippen LogP contribution is 2.42. The number of aromatic nitrogens is 1. The number of aliphatic hydroxyl groups is 1. The third-order valence-corrected chi connectivity index (χ3v) is 5.83. The molecular formula is C19H24N2O. The molecule has 1 aromatic heterocycles. The number of fused-ring (bicyclic) bond motifs is 4. The first-order valence-corrected chi connectivity index (χ1v) is 8.53. The molecule has 2 unspecified atom stereocenters. The zero-order valence-corrected chi connectivity index (χ0v) is 13.2. The number of piperidine rings is 3. The second-order valence-corrected chi connectivity index (χ2v) is 6.88. The van der Waals surface area contributed by atoms with E-state index in [0.717, 1.165) is 47.8 Å². The van der Waals surface area contributed by atoms with Crippen molar-refractivity contribution in [2.75, 3.05) is 13.1 Å². The molecule has 3 aliphatic rings. The lowest BCUT2D eigenvalue weighted by atomic mass is 9.72. The number of nitrogens with zero attached hydrogens (tertiary/aromatic N) is 2. The van der Waals surface area contributed by atoms with E-state index >= 15 is 0 Å². The Bertz CT molecular complexity index is 666. The monoisotopic (exact) mass is 296 g/mol. The van der Waals surface area contributed by atoms with E-state index in [2.05, 4.69) is 22.9 Å². The van der Waals surface area contributed by atoms with Crippen LogP contribution in [-0.2, 0) is 0 Å². The minimum absolute atomic E-state index is 0.271. The van der Waals surface area contributed by atoms with E-state index in [9.17, 15) is 5.11 Å². The summed E-state index contributed by atoms with van der Waals surface area (Å²) in [6, 6.07) is 10.4. The summed E-state index contributed by atoms with van der Waals surface area (Å²) in [6.07, 6.45) is 5.12. The van der Waals surface area contributed by atoms with Crippen molar-refractivity contribution >= 4 is 10.9 Å². The van der Waals surface area contributed by atoms with E-state index in [4.69, 9.17) is 0 Å². The summed E-state index contributed by atoms with van der Waals surface area (Å²) < 4.78 is 0. The van der Waals surface area contributed by atoms with Crippen LogP contribution in [0.3, 0.4) is 0 Å². The van der Waals surface area contributed by atoms with Gasteiger partial charge in [-0.05, 0) is 48.9 Å². The summed E-state index contributed by atoms with van der Waals surface area (Å²) in [4.78, 5) is 6.94. The van der Waals surface area contributed by atoms with Gasteiger partial charge in [-0.15, -0.1) is 0 Å². The van der Waals surface area contributed by atoms with E-state index in [1.165, 1.54) is 12.8 Å². The zero-order valence-electron chi connectivity index (χ0n) is 13.2. The van der Waals surface area contributed by atoms with Gasteiger partial charge in [0.05, 0.1) is 11.6 Å². The van der Waals surface area contributed by atoms with E-state index in [0.29, 0.717) is 0 Å². The van der Waals surface area contributed by atoms with E-state index in [1.54, 1.807) is 0 Å². The molecule has 0 spiro atoms. The molecule has 2 bridgehead atoms. The molecule has 0 radical (unpaired) electrons. The van der Waals surface area contributed by atoms with Crippen LogP contribution in [0.15, 0.2) is 36.5 Å². The Hall–Kier alpha value is -1.45. The van der Waals surface area contributed by atoms with Crippen LogP contribution in [0.2, 0.25) is 0 Å². The van der Waals surface area contributed by atoms with Crippen molar-refractivity contribution < 1.29 is 5.11 Å². The van der Waals surface area contributed by atoms with Crippen molar-refractivity contribution in [1.82, 2.24) is 9.88 Å². The van der Waals surface area contributed by atoms with Crippen molar-refractivity contribution in [2.45, 2.75) is 38.3 Å². The molecule has 116 valence electrons. The van der Waals surface area contributed by atoms with Crippen LogP contribution in [0.4, 0.5) is 0 Å². The third kappa shape index (κ3) is 2.24. The maximum atomic E-state index is 11.1. The van der Waals surface area contributed by atoms with Gasteiger partial charge in [0.15, 0.2) is 0 Å². The molecule has 0 amide bonds. The van der Waals surface area contributed by atoms with Gasteiger partial charge in [0.2, 0.25) is 0 Å². The molecule has 1 N–H and O–H groups in total. The predicted octanol–water partition coefficient (Wildman–Crippen LogP) is 3.39. The lowest BCUT2D eigenvalue weighted by Gasteiger charge is -2.51. The van der Waals surface area contributed by atoms with Crippen LogP contribution in [0.5, 0.6) is 0 Å². The van der Waals surface area contributed by atoms with Crippen molar-refractivity contribution in [3.8, 4) is 0 Å². The molecule has 3 saturated heterocycles. The summed E-state index contributed by atoms with van der Waals surface area (Å²) in [5, 5.41) is 12.1. The Morgan fingerprint density at radius 2 is 2.18 bits per heavy atom. The molecule has 22 heavy (non-hydrogen) atoms. The summed E-state index contributed by atoms with van der Waals surface area (Å²) >= 11 is 0. The number of pyridine rings is 1. The van der Waals surface area contributed by atoms with Crippen molar-refractivity contribution in [1.29, 1.82) is 0 Å². The average molecular weight is 296 g/mol. The SMILES string of the molecule is CC[C@H]1CN2CC[C@@H]1CC2[C@@H](O)c1ccnc2ccccc12. The molecule has 0 saturated carbocycles. The number of hydrogen-bond acceptors (Lipinski definition) is 3. The molecule has 1 aromatic carbocycles. The van der Waals surface area contributed by atoms with Gasteiger partial charge in [-0.1, -0.05) is 31.5 Å². The number of benzene rings is 1. The maximum absolute atomic E-state index is 11.1. The molecule has 3 heteroatoms. The first-order valence-electron chi connectivity index (χ1n) is 8.53. The average Bonchev–Trinajstić information content (AvgIpc) is 2.60. The molecule has 2 aromatic rings. The van der Waals surface area contributed by atoms with Crippen molar-refractivity contribution in [3.63, 3.8) is 0 Å². The molecule has 5 rings (SSSR count). The molecule has 0 aliphatic carbocycles. The van der Waals surface area contributed by atoms with Crippen LogP contribution in [-0.4, -0.2) is 34.1 Å². The van der Waals surface area contributed by atoms with Gasteiger partial charge in [-0.3, -0.25) is 9.88 Å². The molecular weight excluding hydrogens is 272 g/mol. The zero-order chi connectivity index (χ0) is 15.1. The number of aliphatic hydroxyl groups excluding tert-OH is 1. The third-order valence-electron chi connectivity index (χ3n) is 5.83. The molecule has 3 fully saturated rings. The van der Waals surface area contributed by atoms with Gasteiger partial charge < -0.3 is 5.11 Å². The summed E-state index contributed by atoms with van der Waals surface area (Å²) in [5.74, 6) is 1.62. The lowest BCUT2D eigenvalue weighted by molar-refractivity contribution is -0.0562. The maximum Gasteiger partial charge on any atom is 0.0952 e. The minimum Gasteiger partial charge on any atom is -0.387 e. The Morgan fingerprint density at radius 3 is 2.95 bits per heavy atom. The van der Waals surface area contributed by atoms with Gasteiger partial charge in [0, 0.05) is 24.2 Å². The summed E-state index contributed by atoms with van der Waals surface area (Å²) in [5.41, 5.74) is 2.01. The topological polar surface area (TPSA) is 36.4 Å². The summed E-state index contributed by atoms with van der Waals surface area (Å²) in [7, 11) is 0. The number of hydrogen-bond donors (Lipinski definition) is 1. The van der Waals surface area contributed by atoms with Crippen molar-refractivity contribution in [3.05, 3.63) is 42.1 Å². The number of para-hydroxylation sites is 1. The second kappa shape index (κ2) is 5.64. The molecule has 5 atom stereocenters. The highest BCUT2D eigenvalue weighted by Gasteiger charge is 2.42. The summed E-state index contributed by atoms with van der Waals surface area (Å²) in [6.45, 7) is 4.60.